The number of nitrogens with zero attached hydrogens (tertiary/aromatic N) is 1. The number of amides is 2. The number of benzene rings is 2. The van der Waals surface area contributed by atoms with Crippen LogP contribution in [0.25, 0.3) is 0 Å². The summed E-state index contributed by atoms with van der Waals surface area (Å²) in [6, 6.07) is 16.3. The molecule has 0 aliphatic carbocycles. The summed E-state index contributed by atoms with van der Waals surface area (Å²) in [5.41, 5.74) is 4.40. The fourth-order valence-corrected chi connectivity index (χ4v) is 3.22. The summed E-state index contributed by atoms with van der Waals surface area (Å²) in [7, 11) is 0. The molecule has 0 atom stereocenters. The summed E-state index contributed by atoms with van der Waals surface area (Å²) in [5.74, 6) is -0.210. The van der Waals surface area contributed by atoms with Gasteiger partial charge in [-0.25, -0.2) is 0 Å². The molecule has 4 nitrogen and oxygen atoms in total. The van der Waals surface area contributed by atoms with Crippen molar-refractivity contribution in [3.63, 3.8) is 0 Å². The molecule has 2 aromatic rings. The summed E-state index contributed by atoms with van der Waals surface area (Å²) >= 11 is 0. The molecular weight excluding hydrogens is 336 g/mol. The van der Waals surface area contributed by atoms with E-state index in [1.807, 2.05) is 36.4 Å². The molecule has 0 aromatic heterocycles. The van der Waals surface area contributed by atoms with Gasteiger partial charge < -0.3 is 10.2 Å². The molecule has 0 spiro atoms. The topological polar surface area (TPSA) is 49.4 Å². The molecule has 0 unspecified atom stereocenters. The summed E-state index contributed by atoms with van der Waals surface area (Å²) < 4.78 is 0. The monoisotopic (exact) mass is 366 g/mol. The fraction of sp³-hybridized carbons (Fsp3) is 0.391. The van der Waals surface area contributed by atoms with Crippen molar-refractivity contribution in [1.29, 1.82) is 0 Å². The van der Waals surface area contributed by atoms with Gasteiger partial charge in [-0.15, -0.1) is 0 Å². The highest BCUT2D eigenvalue weighted by molar-refractivity contribution is 5.95. The second-order valence-electron chi connectivity index (χ2n) is 6.74. The van der Waals surface area contributed by atoms with Crippen LogP contribution in [-0.4, -0.2) is 29.8 Å². The van der Waals surface area contributed by atoms with Crippen LogP contribution in [0.1, 0.15) is 43.9 Å². The highest BCUT2D eigenvalue weighted by atomic mass is 16.2. The molecule has 0 aliphatic heterocycles. The van der Waals surface area contributed by atoms with Crippen LogP contribution < -0.4 is 5.32 Å². The number of para-hydroxylation sites is 1. The van der Waals surface area contributed by atoms with Crippen molar-refractivity contribution in [2.75, 3.05) is 18.4 Å². The minimum atomic E-state index is -0.138. The smallest absolute Gasteiger partial charge is 0.244 e. The van der Waals surface area contributed by atoms with E-state index in [0.717, 1.165) is 42.5 Å². The minimum Gasteiger partial charge on any atom is -0.334 e. The third-order valence-corrected chi connectivity index (χ3v) is 4.78. The van der Waals surface area contributed by atoms with E-state index in [-0.39, 0.29) is 18.4 Å². The number of anilines is 1. The molecule has 2 rings (SSSR count). The lowest BCUT2D eigenvalue weighted by Gasteiger charge is -2.22. The number of carbonyl (C=O) groups is 2. The second kappa shape index (κ2) is 10.5. The van der Waals surface area contributed by atoms with Crippen molar-refractivity contribution < 1.29 is 9.59 Å². The zero-order chi connectivity index (χ0) is 19.6. The number of nitrogens with one attached hydrogen (secondary N) is 1. The fourth-order valence-electron chi connectivity index (χ4n) is 3.22. The van der Waals surface area contributed by atoms with Crippen LogP contribution in [-0.2, 0) is 28.9 Å². The van der Waals surface area contributed by atoms with Crippen LogP contribution in [0.4, 0.5) is 5.69 Å². The molecule has 2 amide bonds. The quantitative estimate of drug-likeness (QED) is 0.722. The Morgan fingerprint density at radius 2 is 1.56 bits per heavy atom. The number of rotatable bonds is 9. The molecule has 0 radical (unpaired) electrons. The Morgan fingerprint density at radius 3 is 2.11 bits per heavy atom. The Hall–Kier alpha value is -2.62. The van der Waals surface area contributed by atoms with Gasteiger partial charge in [0.05, 0.1) is 6.54 Å². The number of hydrogen-bond donors (Lipinski definition) is 1. The number of hydrogen-bond acceptors (Lipinski definition) is 2. The van der Waals surface area contributed by atoms with E-state index in [1.165, 1.54) is 12.5 Å². The Balaban J connectivity index is 1.96. The summed E-state index contributed by atoms with van der Waals surface area (Å²) in [5, 5.41) is 3.04. The maximum absolute atomic E-state index is 12.6. The SMILES string of the molecule is CCc1cccc(CC)c1NC(=O)CN(CCCc1ccccc1)C(C)=O. The molecule has 4 heteroatoms. The standard InChI is InChI=1S/C23H30N2O2/c1-4-20-14-9-15-21(5-2)23(20)24-22(27)17-25(18(3)26)16-10-13-19-11-7-6-8-12-19/h6-9,11-12,14-15H,4-5,10,13,16-17H2,1-3H3,(H,24,27). The third kappa shape index (κ3) is 6.24. The molecule has 0 fully saturated rings. The van der Waals surface area contributed by atoms with Crippen LogP contribution in [0.2, 0.25) is 0 Å². The normalized spacial score (nSPS) is 10.5. The van der Waals surface area contributed by atoms with Crippen molar-refractivity contribution in [3.05, 3.63) is 65.2 Å². The van der Waals surface area contributed by atoms with Crippen molar-refractivity contribution in [3.8, 4) is 0 Å². The van der Waals surface area contributed by atoms with Gasteiger partial charge in [0.15, 0.2) is 0 Å². The Kier molecular flexibility index (Phi) is 8.05. The maximum Gasteiger partial charge on any atom is 0.244 e. The van der Waals surface area contributed by atoms with E-state index in [0.29, 0.717) is 6.54 Å². The van der Waals surface area contributed by atoms with E-state index in [1.54, 1.807) is 4.90 Å². The Bertz CT molecular complexity index is 734. The lowest BCUT2D eigenvalue weighted by Crippen LogP contribution is -2.37. The Morgan fingerprint density at radius 1 is 0.926 bits per heavy atom. The zero-order valence-electron chi connectivity index (χ0n) is 16.6. The van der Waals surface area contributed by atoms with Gasteiger partial charge in [-0.2, -0.15) is 0 Å². The molecule has 2 aromatic carbocycles. The van der Waals surface area contributed by atoms with Crippen molar-refractivity contribution in [1.82, 2.24) is 4.90 Å². The summed E-state index contributed by atoms with van der Waals surface area (Å²) in [4.78, 5) is 26.2. The average Bonchev–Trinajstić information content (AvgIpc) is 2.68. The van der Waals surface area contributed by atoms with Gasteiger partial charge in [-0.1, -0.05) is 62.4 Å². The van der Waals surface area contributed by atoms with Crippen molar-refractivity contribution in [2.24, 2.45) is 0 Å². The lowest BCUT2D eigenvalue weighted by atomic mass is 10.0. The van der Waals surface area contributed by atoms with Crippen LogP contribution in [0, 0.1) is 0 Å². The number of carbonyl (C=O) groups excluding carboxylic acids is 2. The highest BCUT2D eigenvalue weighted by Gasteiger charge is 2.16. The molecule has 27 heavy (non-hydrogen) atoms. The largest absolute Gasteiger partial charge is 0.334 e. The molecule has 0 heterocycles. The van der Waals surface area contributed by atoms with Gasteiger partial charge in [0.1, 0.15) is 0 Å². The molecule has 0 saturated carbocycles. The van der Waals surface area contributed by atoms with Gasteiger partial charge >= 0.3 is 0 Å². The first-order chi connectivity index (χ1) is 13.0. The third-order valence-electron chi connectivity index (χ3n) is 4.78. The van der Waals surface area contributed by atoms with Crippen molar-refractivity contribution >= 4 is 17.5 Å². The van der Waals surface area contributed by atoms with Crippen LogP contribution in [0.5, 0.6) is 0 Å². The molecule has 0 bridgehead atoms. The average molecular weight is 367 g/mol. The predicted octanol–water partition coefficient (Wildman–Crippen LogP) is 4.23. The van der Waals surface area contributed by atoms with E-state index >= 15 is 0 Å². The van der Waals surface area contributed by atoms with Crippen LogP contribution >= 0.6 is 0 Å². The van der Waals surface area contributed by atoms with Gasteiger partial charge in [0, 0.05) is 19.2 Å². The first-order valence-electron chi connectivity index (χ1n) is 9.75. The highest BCUT2D eigenvalue weighted by Crippen LogP contribution is 2.22. The maximum atomic E-state index is 12.6. The lowest BCUT2D eigenvalue weighted by molar-refractivity contribution is -0.132. The van der Waals surface area contributed by atoms with Gasteiger partial charge in [0.2, 0.25) is 11.8 Å². The van der Waals surface area contributed by atoms with Crippen molar-refractivity contribution in [2.45, 2.75) is 46.5 Å². The summed E-state index contributed by atoms with van der Waals surface area (Å²) in [6.07, 6.45) is 3.45. The van der Waals surface area contributed by atoms with E-state index in [9.17, 15) is 9.59 Å². The summed E-state index contributed by atoms with van der Waals surface area (Å²) in [6.45, 7) is 6.35. The molecule has 144 valence electrons. The number of aryl methyl sites for hydroxylation is 3. The molecule has 0 aliphatic rings. The molecular formula is C23H30N2O2. The van der Waals surface area contributed by atoms with E-state index in [4.69, 9.17) is 0 Å². The Labute approximate surface area is 162 Å². The second-order valence-corrected chi connectivity index (χ2v) is 6.74. The molecule has 0 saturated heterocycles. The minimum absolute atomic E-state index is 0.0716. The van der Waals surface area contributed by atoms with Gasteiger partial charge in [-0.3, -0.25) is 9.59 Å². The van der Waals surface area contributed by atoms with E-state index < -0.39 is 0 Å². The zero-order valence-corrected chi connectivity index (χ0v) is 16.6. The van der Waals surface area contributed by atoms with Crippen LogP contribution in [0.3, 0.4) is 0 Å². The first kappa shape index (κ1) is 20.7. The van der Waals surface area contributed by atoms with E-state index in [2.05, 4.69) is 31.3 Å². The van der Waals surface area contributed by atoms with Crippen LogP contribution in [0.15, 0.2) is 48.5 Å². The molecule has 1 N–H and O–H groups in total. The van der Waals surface area contributed by atoms with Gasteiger partial charge in [0.25, 0.3) is 0 Å². The predicted molar refractivity (Wildman–Crippen MR) is 111 cm³/mol. The van der Waals surface area contributed by atoms with Gasteiger partial charge in [-0.05, 0) is 42.4 Å². The first-order valence-corrected chi connectivity index (χ1v) is 9.75.